The number of nitro benzene ring substituents is 1. The van der Waals surface area contributed by atoms with E-state index in [1.807, 2.05) is 30.3 Å². The molecule has 2 heterocycles. The molecule has 2 aliphatic heterocycles. The number of likely N-dealkylation sites (tertiary alicyclic amines) is 2. The molecule has 2 N–H and O–H groups in total. The third kappa shape index (κ3) is 6.81. The van der Waals surface area contributed by atoms with Crippen molar-refractivity contribution in [1.82, 2.24) is 15.1 Å². The van der Waals surface area contributed by atoms with Crippen LogP contribution >= 0.6 is 0 Å². The van der Waals surface area contributed by atoms with E-state index in [4.69, 9.17) is 14.2 Å². The van der Waals surface area contributed by atoms with Crippen LogP contribution in [0.25, 0.3) is 0 Å². The molecule has 13 heteroatoms. The molecule has 5 rings (SSSR count). The molecule has 236 valence electrons. The van der Waals surface area contributed by atoms with Crippen LogP contribution in [0.5, 0.6) is 5.75 Å². The number of nitrogens with zero attached hydrogens (tertiary/aromatic N) is 3. The summed E-state index contributed by atoms with van der Waals surface area (Å²) >= 11 is 0. The summed E-state index contributed by atoms with van der Waals surface area (Å²) in [5.41, 5.74) is 0.286. The Hall–Kier alpha value is -4.55. The second-order valence-corrected chi connectivity index (χ2v) is 12.6. The van der Waals surface area contributed by atoms with Crippen molar-refractivity contribution in [3.8, 4) is 5.75 Å². The van der Waals surface area contributed by atoms with Crippen LogP contribution in [0.15, 0.2) is 42.5 Å². The van der Waals surface area contributed by atoms with Crippen molar-refractivity contribution >= 4 is 29.5 Å². The number of nitrogens with one attached hydrogen (secondary N) is 2. The molecule has 2 saturated heterocycles. The Labute approximate surface area is 256 Å². The van der Waals surface area contributed by atoms with Gasteiger partial charge in [0.15, 0.2) is 5.69 Å². The standard InChI is InChI=1S/C31H39N5O8/c1-31(2,3)44-29(38)33-26-21-10-11-23(26)35(17-21)28(37)22-12-24(36(40)41)27(25(13-22)42-4)32-14-20-15-34(16-20)30(39)43-18-19-8-6-5-7-9-19/h5-9,12-13,20-21,23,26,32H,10-11,14-18H2,1-4H3,(H,33,38)/t21-,23-,26-/m1/s1. The highest BCUT2D eigenvalue weighted by Gasteiger charge is 2.50. The van der Waals surface area contributed by atoms with Crippen molar-refractivity contribution in [3.63, 3.8) is 0 Å². The van der Waals surface area contributed by atoms with Gasteiger partial charge in [-0.2, -0.15) is 0 Å². The first-order valence-corrected chi connectivity index (χ1v) is 14.8. The Kier molecular flexibility index (Phi) is 8.84. The van der Waals surface area contributed by atoms with Gasteiger partial charge in [-0.3, -0.25) is 14.9 Å². The van der Waals surface area contributed by atoms with E-state index in [-0.39, 0.29) is 59.1 Å². The minimum absolute atomic E-state index is 0.0550. The Morgan fingerprint density at radius 3 is 2.45 bits per heavy atom. The highest BCUT2D eigenvalue weighted by Crippen LogP contribution is 2.41. The first-order chi connectivity index (χ1) is 20.9. The number of fused-ring (bicyclic) bond motifs is 2. The fourth-order valence-electron chi connectivity index (χ4n) is 6.17. The fourth-order valence-corrected chi connectivity index (χ4v) is 6.17. The smallest absolute Gasteiger partial charge is 0.410 e. The topological polar surface area (TPSA) is 153 Å². The molecule has 13 nitrogen and oxygen atoms in total. The molecule has 44 heavy (non-hydrogen) atoms. The van der Waals surface area contributed by atoms with Crippen LogP contribution in [0, 0.1) is 22.0 Å². The molecule has 2 aromatic rings. The van der Waals surface area contributed by atoms with E-state index < -0.39 is 22.7 Å². The lowest BCUT2D eigenvalue weighted by Gasteiger charge is -2.38. The Balaban J connectivity index is 1.20. The first kappa shape index (κ1) is 30.9. The van der Waals surface area contributed by atoms with Gasteiger partial charge in [0, 0.05) is 38.2 Å². The number of benzene rings is 2. The van der Waals surface area contributed by atoms with Gasteiger partial charge in [-0.1, -0.05) is 30.3 Å². The SMILES string of the molecule is COc1cc(C(=O)N2C[C@H]3CC[C@@H]2[C@@H]3NC(=O)OC(C)(C)C)cc([N+](=O)[O-])c1NCC1CN(C(=O)OCc2ccccc2)C1. The van der Waals surface area contributed by atoms with E-state index in [2.05, 4.69) is 10.6 Å². The number of carbonyl (C=O) groups is 3. The van der Waals surface area contributed by atoms with Crippen LogP contribution in [-0.4, -0.2) is 83.8 Å². The Morgan fingerprint density at radius 2 is 1.80 bits per heavy atom. The molecule has 1 aliphatic carbocycles. The second-order valence-electron chi connectivity index (χ2n) is 12.6. The molecule has 0 unspecified atom stereocenters. The summed E-state index contributed by atoms with van der Waals surface area (Å²) in [4.78, 5) is 53.3. The van der Waals surface area contributed by atoms with Crippen LogP contribution in [0.2, 0.25) is 0 Å². The van der Waals surface area contributed by atoms with Gasteiger partial charge in [-0.05, 0) is 51.2 Å². The van der Waals surface area contributed by atoms with Gasteiger partial charge < -0.3 is 34.6 Å². The number of anilines is 1. The molecule has 1 saturated carbocycles. The summed E-state index contributed by atoms with van der Waals surface area (Å²) in [5.74, 6) is -0.0509. The number of hydrogen-bond acceptors (Lipinski definition) is 9. The van der Waals surface area contributed by atoms with E-state index in [0.717, 1.165) is 12.0 Å². The number of carbonyl (C=O) groups excluding carboxylic acids is 3. The predicted octanol–water partition coefficient (Wildman–Crippen LogP) is 4.41. The van der Waals surface area contributed by atoms with E-state index in [1.165, 1.54) is 19.2 Å². The maximum atomic E-state index is 13.7. The summed E-state index contributed by atoms with van der Waals surface area (Å²) in [6.07, 6.45) is 0.647. The van der Waals surface area contributed by atoms with Gasteiger partial charge in [-0.25, -0.2) is 9.59 Å². The van der Waals surface area contributed by atoms with Crippen LogP contribution < -0.4 is 15.4 Å². The number of piperidine rings is 1. The van der Waals surface area contributed by atoms with E-state index in [9.17, 15) is 24.5 Å². The number of nitro groups is 1. The predicted molar refractivity (Wildman–Crippen MR) is 161 cm³/mol. The summed E-state index contributed by atoms with van der Waals surface area (Å²) < 4.78 is 16.3. The molecular weight excluding hydrogens is 570 g/mol. The maximum absolute atomic E-state index is 13.7. The Morgan fingerprint density at radius 1 is 1.07 bits per heavy atom. The monoisotopic (exact) mass is 609 g/mol. The van der Waals surface area contributed by atoms with Crippen molar-refractivity contribution < 1.29 is 33.5 Å². The molecule has 0 aromatic heterocycles. The highest BCUT2D eigenvalue weighted by atomic mass is 16.6. The van der Waals surface area contributed by atoms with Gasteiger partial charge in [0.2, 0.25) is 0 Å². The van der Waals surface area contributed by atoms with Gasteiger partial charge in [0.1, 0.15) is 18.0 Å². The van der Waals surface area contributed by atoms with Crippen molar-refractivity contribution in [3.05, 3.63) is 63.7 Å². The van der Waals surface area contributed by atoms with Crippen LogP contribution in [-0.2, 0) is 16.1 Å². The van der Waals surface area contributed by atoms with E-state index >= 15 is 0 Å². The fraction of sp³-hybridized carbons (Fsp3) is 0.516. The minimum atomic E-state index is -0.644. The zero-order valence-corrected chi connectivity index (χ0v) is 25.4. The molecular formula is C31H39N5O8. The van der Waals surface area contributed by atoms with Crippen molar-refractivity contribution in [2.24, 2.45) is 11.8 Å². The van der Waals surface area contributed by atoms with Crippen molar-refractivity contribution in [2.75, 3.05) is 38.6 Å². The van der Waals surface area contributed by atoms with Crippen LogP contribution in [0.4, 0.5) is 21.0 Å². The lowest BCUT2D eigenvalue weighted by atomic mass is 10.0. The average molecular weight is 610 g/mol. The first-order valence-electron chi connectivity index (χ1n) is 14.8. The summed E-state index contributed by atoms with van der Waals surface area (Å²) in [5, 5.41) is 18.2. The molecule has 2 bridgehead atoms. The third-order valence-corrected chi connectivity index (χ3v) is 8.26. The average Bonchev–Trinajstić information content (AvgIpc) is 3.50. The zero-order valence-electron chi connectivity index (χ0n) is 25.4. The van der Waals surface area contributed by atoms with E-state index in [0.29, 0.717) is 32.6 Å². The number of hydrogen-bond donors (Lipinski definition) is 2. The number of amides is 3. The summed E-state index contributed by atoms with van der Waals surface area (Å²) in [6.45, 7) is 7.24. The minimum Gasteiger partial charge on any atom is -0.494 e. The molecule has 3 aliphatic rings. The normalized spacial score (nSPS) is 21.0. The summed E-state index contributed by atoms with van der Waals surface area (Å²) in [7, 11) is 1.39. The molecule has 2 aromatic carbocycles. The maximum Gasteiger partial charge on any atom is 0.410 e. The molecule has 3 amide bonds. The molecule has 0 radical (unpaired) electrons. The largest absolute Gasteiger partial charge is 0.494 e. The second kappa shape index (κ2) is 12.6. The lowest BCUT2D eigenvalue weighted by Crippen LogP contribution is -2.52. The van der Waals surface area contributed by atoms with Crippen LogP contribution in [0.1, 0.15) is 49.5 Å². The quantitative estimate of drug-likeness (QED) is 0.311. The highest BCUT2D eigenvalue weighted by molar-refractivity contribution is 5.97. The zero-order chi connectivity index (χ0) is 31.6. The summed E-state index contributed by atoms with van der Waals surface area (Å²) in [6, 6.07) is 11.7. The Bertz CT molecular complexity index is 1410. The van der Waals surface area contributed by atoms with Gasteiger partial charge in [-0.15, -0.1) is 0 Å². The molecule has 0 spiro atoms. The number of methoxy groups -OCH3 is 1. The van der Waals surface area contributed by atoms with Crippen molar-refractivity contribution in [1.29, 1.82) is 0 Å². The molecule has 3 fully saturated rings. The van der Waals surface area contributed by atoms with Crippen LogP contribution in [0.3, 0.4) is 0 Å². The third-order valence-electron chi connectivity index (χ3n) is 8.26. The molecule has 3 atom stereocenters. The van der Waals surface area contributed by atoms with E-state index in [1.54, 1.807) is 30.6 Å². The number of alkyl carbamates (subject to hydrolysis) is 1. The number of rotatable bonds is 9. The van der Waals surface area contributed by atoms with Gasteiger partial charge >= 0.3 is 12.2 Å². The van der Waals surface area contributed by atoms with Crippen molar-refractivity contribution in [2.45, 2.75) is 57.9 Å². The lowest BCUT2D eigenvalue weighted by molar-refractivity contribution is -0.384. The number of ether oxygens (including phenoxy) is 3. The van der Waals surface area contributed by atoms with Gasteiger partial charge in [0.05, 0.1) is 29.7 Å². The van der Waals surface area contributed by atoms with Gasteiger partial charge in [0.25, 0.3) is 11.6 Å².